The number of hydrogen-bond acceptors (Lipinski definition) is 5. The normalized spacial score (nSPS) is 10.9. The van der Waals surface area contributed by atoms with Crippen molar-refractivity contribution >= 4 is 23.3 Å². The fourth-order valence-corrected chi connectivity index (χ4v) is 3.20. The molecule has 1 aromatic carbocycles. The van der Waals surface area contributed by atoms with E-state index in [4.69, 9.17) is 0 Å². The summed E-state index contributed by atoms with van der Waals surface area (Å²) in [6.45, 7) is 6.28. The number of nitrogens with one attached hydrogen (secondary N) is 2. The molecule has 0 aliphatic rings. The zero-order valence-electron chi connectivity index (χ0n) is 14.4. The summed E-state index contributed by atoms with van der Waals surface area (Å²) >= 11 is 1.51. The third kappa shape index (κ3) is 4.03. The van der Waals surface area contributed by atoms with Crippen molar-refractivity contribution < 1.29 is 4.79 Å². The van der Waals surface area contributed by atoms with Gasteiger partial charge < -0.3 is 5.32 Å². The van der Waals surface area contributed by atoms with Gasteiger partial charge in [0.25, 0.3) is 0 Å². The quantitative estimate of drug-likeness (QED) is 0.731. The van der Waals surface area contributed by atoms with E-state index in [0.29, 0.717) is 12.5 Å². The van der Waals surface area contributed by atoms with Gasteiger partial charge in [-0.2, -0.15) is 4.98 Å². The molecule has 7 nitrogen and oxygen atoms in total. The highest BCUT2D eigenvalue weighted by Crippen LogP contribution is 2.24. The first-order valence-electron chi connectivity index (χ1n) is 8.00. The molecule has 2 N–H and O–H groups in total. The number of aryl methyl sites for hydroxylation is 1. The molecule has 0 aliphatic heterocycles. The number of thiazole rings is 1. The first kappa shape index (κ1) is 17.1. The maximum atomic E-state index is 12.1. The van der Waals surface area contributed by atoms with E-state index in [2.05, 4.69) is 25.7 Å². The van der Waals surface area contributed by atoms with Crippen molar-refractivity contribution in [2.45, 2.75) is 33.4 Å². The molecule has 0 saturated heterocycles. The number of rotatable bonds is 5. The van der Waals surface area contributed by atoms with E-state index in [1.165, 1.54) is 11.3 Å². The molecule has 3 rings (SSSR count). The van der Waals surface area contributed by atoms with E-state index in [1.807, 2.05) is 51.1 Å². The van der Waals surface area contributed by atoms with Crippen LogP contribution in [0.15, 0.2) is 35.8 Å². The van der Waals surface area contributed by atoms with Crippen LogP contribution in [0.4, 0.5) is 10.7 Å². The highest BCUT2D eigenvalue weighted by Gasteiger charge is 2.13. The molecule has 0 bridgehead atoms. The Bertz CT molecular complexity index is 855. The van der Waals surface area contributed by atoms with Gasteiger partial charge in [-0.05, 0) is 20.8 Å². The molecule has 2 heterocycles. The zero-order valence-corrected chi connectivity index (χ0v) is 15.2. The van der Waals surface area contributed by atoms with Crippen LogP contribution in [0.2, 0.25) is 0 Å². The number of anilines is 1. The van der Waals surface area contributed by atoms with Crippen molar-refractivity contribution in [3.8, 4) is 11.3 Å². The molecule has 2 amide bonds. The van der Waals surface area contributed by atoms with Crippen LogP contribution < -0.4 is 10.6 Å². The van der Waals surface area contributed by atoms with Crippen LogP contribution in [0, 0.1) is 6.92 Å². The lowest BCUT2D eigenvalue weighted by Crippen LogP contribution is -2.28. The summed E-state index contributed by atoms with van der Waals surface area (Å²) in [7, 11) is 0. The summed E-state index contributed by atoms with van der Waals surface area (Å²) in [5.74, 6) is 1.07. The van der Waals surface area contributed by atoms with Gasteiger partial charge in [-0.15, -0.1) is 16.4 Å². The standard InChI is InChI=1S/C17H20N6OS/c1-11(2)23-12(3)20-16(22-23)21-17(24)18-9-14-15(19-10-25-14)13-7-5-4-6-8-13/h4-8,10-11H,9H2,1-3H3,(H2,18,21,22,24). The second kappa shape index (κ2) is 7.43. The van der Waals surface area contributed by atoms with Gasteiger partial charge in [0.1, 0.15) is 5.82 Å². The minimum Gasteiger partial charge on any atom is -0.333 e. The Balaban J connectivity index is 1.62. The number of urea groups is 1. The molecule has 0 unspecified atom stereocenters. The zero-order chi connectivity index (χ0) is 17.8. The van der Waals surface area contributed by atoms with Crippen LogP contribution in [0.1, 0.15) is 30.6 Å². The second-order valence-corrected chi connectivity index (χ2v) is 6.76. The average molecular weight is 356 g/mol. The summed E-state index contributed by atoms with van der Waals surface area (Å²) < 4.78 is 1.77. The van der Waals surface area contributed by atoms with E-state index < -0.39 is 0 Å². The highest BCUT2D eigenvalue weighted by molar-refractivity contribution is 7.10. The molecule has 8 heteroatoms. The van der Waals surface area contributed by atoms with Crippen LogP contribution >= 0.6 is 11.3 Å². The van der Waals surface area contributed by atoms with E-state index in [1.54, 1.807) is 10.2 Å². The lowest BCUT2D eigenvalue weighted by Gasteiger charge is -2.06. The maximum Gasteiger partial charge on any atom is 0.321 e. The fourth-order valence-electron chi connectivity index (χ4n) is 2.48. The molecular formula is C17H20N6OS. The Morgan fingerprint density at radius 1 is 1.28 bits per heavy atom. The van der Waals surface area contributed by atoms with Gasteiger partial charge in [0, 0.05) is 11.6 Å². The smallest absolute Gasteiger partial charge is 0.321 e. The number of amides is 2. The predicted octanol–water partition coefficient (Wildman–Crippen LogP) is 3.61. The third-order valence-corrected chi connectivity index (χ3v) is 4.45. The van der Waals surface area contributed by atoms with E-state index in [-0.39, 0.29) is 12.1 Å². The fraction of sp³-hybridized carbons (Fsp3) is 0.294. The topological polar surface area (TPSA) is 84.7 Å². The van der Waals surface area contributed by atoms with Crippen LogP contribution in [0.5, 0.6) is 0 Å². The maximum absolute atomic E-state index is 12.1. The number of benzene rings is 1. The first-order valence-corrected chi connectivity index (χ1v) is 8.88. The Kier molecular flexibility index (Phi) is 5.08. The molecule has 0 fully saturated rings. The molecular weight excluding hydrogens is 336 g/mol. The third-order valence-electron chi connectivity index (χ3n) is 3.61. The first-order chi connectivity index (χ1) is 12.0. The molecule has 0 radical (unpaired) electrons. The van der Waals surface area contributed by atoms with Gasteiger partial charge in [-0.25, -0.2) is 14.5 Å². The molecule has 0 saturated carbocycles. The Hall–Kier alpha value is -2.74. The number of carbonyl (C=O) groups excluding carboxylic acids is 1. The lowest BCUT2D eigenvalue weighted by molar-refractivity contribution is 0.251. The predicted molar refractivity (Wildman–Crippen MR) is 98.6 cm³/mol. The van der Waals surface area contributed by atoms with Crippen molar-refractivity contribution in [1.29, 1.82) is 0 Å². The number of aromatic nitrogens is 4. The van der Waals surface area contributed by atoms with Crippen LogP contribution in [0.3, 0.4) is 0 Å². The molecule has 2 aromatic heterocycles. The monoisotopic (exact) mass is 356 g/mol. The molecule has 3 aromatic rings. The van der Waals surface area contributed by atoms with E-state index >= 15 is 0 Å². The van der Waals surface area contributed by atoms with Gasteiger partial charge in [0.15, 0.2) is 0 Å². The summed E-state index contributed by atoms with van der Waals surface area (Å²) in [6, 6.07) is 9.76. The number of hydrogen-bond donors (Lipinski definition) is 2. The molecule has 130 valence electrons. The van der Waals surface area contributed by atoms with Gasteiger partial charge >= 0.3 is 6.03 Å². The van der Waals surface area contributed by atoms with Crippen molar-refractivity contribution in [2.24, 2.45) is 0 Å². The van der Waals surface area contributed by atoms with Gasteiger partial charge in [0.05, 0.1) is 22.6 Å². The van der Waals surface area contributed by atoms with Crippen LogP contribution in [-0.2, 0) is 6.54 Å². The molecule has 0 aliphatic carbocycles. The Morgan fingerprint density at radius 2 is 2.04 bits per heavy atom. The molecule has 25 heavy (non-hydrogen) atoms. The lowest BCUT2D eigenvalue weighted by atomic mass is 10.1. The van der Waals surface area contributed by atoms with Crippen molar-refractivity contribution in [2.75, 3.05) is 5.32 Å². The van der Waals surface area contributed by atoms with Crippen molar-refractivity contribution in [3.05, 3.63) is 46.5 Å². The van der Waals surface area contributed by atoms with E-state index in [9.17, 15) is 4.79 Å². The highest BCUT2D eigenvalue weighted by atomic mass is 32.1. The van der Waals surface area contributed by atoms with Gasteiger partial charge in [0.2, 0.25) is 5.95 Å². The summed E-state index contributed by atoms with van der Waals surface area (Å²) in [4.78, 5) is 21.8. The van der Waals surface area contributed by atoms with Gasteiger partial charge in [-0.3, -0.25) is 5.32 Å². The summed E-state index contributed by atoms with van der Waals surface area (Å²) in [5, 5.41) is 9.79. The van der Waals surface area contributed by atoms with Crippen molar-refractivity contribution in [3.63, 3.8) is 0 Å². The summed E-state index contributed by atoms with van der Waals surface area (Å²) in [6.07, 6.45) is 0. The number of nitrogens with zero attached hydrogens (tertiary/aromatic N) is 4. The number of carbonyl (C=O) groups is 1. The SMILES string of the molecule is Cc1nc(NC(=O)NCc2scnc2-c2ccccc2)nn1C(C)C. The van der Waals surface area contributed by atoms with Crippen LogP contribution in [-0.4, -0.2) is 25.8 Å². The Labute approximate surface area is 150 Å². The van der Waals surface area contributed by atoms with Crippen LogP contribution in [0.25, 0.3) is 11.3 Å². The summed E-state index contributed by atoms with van der Waals surface area (Å²) in [5.41, 5.74) is 3.71. The second-order valence-electron chi connectivity index (χ2n) is 5.82. The van der Waals surface area contributed by atoms with E-state index in [0.717, 1.165) is 22.0 Å². The average Bonchev–Trinajstić information content (AvgIpc) is 3.20. The van der Waals surface area contributed by atoms with Gasteiger partial charge in [-0.1, -0.05) is 30.3 Å². The molecule has 0 spiro atoms. The van der Waals surface area contributed by atoms with Crippen molar-refractivity contribution in [1.82, 2.24) is 25.1 Å². The Morgan fingerprint density at radius 3 is 2.72 bits per heavy atom. The minimum absolute atomic E-state index is 0.191. The largest absolute Gasteiger partial charge is 0.333 e. The molecule has 0 atom stereocenters. The minimum atomic E-state index is -0.340.